The monoisotopic (exact) mass is 192 g/mol. The van der Waals surface area contributed by atoms with Crippen LogP contribution in [-0.2, 0) is 28.2 Å². The van der Waals surface area contributed by atoms with Crippen LogP contribution >= 0.6 is 0 Å². The molecule has 2 rings (SSSR count). The van der Waals surface area contributed by atoms with E-state index in [1.165, 1.54) is 11.0 Å². The topological polar surface area (TPSA) is 19.7 Å². The van der Waals surface area contributed by atoms with Crippen molar-refractivity contribution in [3.63, 3.8) is 0 Å². The second-order valence-electron chi connectivity index (χ2n) is 3.69. The summed E-state index contributed by atoms with van der Waals surface area (Å²) in [7, 11) is 8.23. The predicted molar refractivity (Wildman–Crippen MR) is 55.3 cm³/mol. The van der Waals surface area contributed by atoms with E-state index in [-0.39, 0.29) is 0 Å². The smallest absolute Gasteiger partial charge is 0.154 e. The molecular weight excluding hydrogens is 176 g/mol. The lowest BCUT2D eigenvalue weighted by Gasteiger charge is -2.14. The van der Waals surface area contributed by atoms with E-state index in [4.69, 9.17) is 0 Å². The van der Waals surface area contributed by atoms with Gasteiger partial charge < -0.3 is 18.3 Å². The highest BCUT2D eigenvalue weighted by atomic mass is 15.2. The van der Waals surface area contributed by atoms with Crippen LogP contribution in [0.1, 0.15) is 0 Å². The van der Waals surface area contributed by atoms with Gasteiger partial charge in [-0.2, -0.15) is 0 Å². The van der Waals surface area contributed by atoms with E-state index < -0.39 is 0 Å². The molecule has 0 unspecified atom stereocenters. The minimum Gasteiger partial charge on any atom is -0.333 e. The first-order valence-electron chi connectivity index (χ1n) is 4.63. The minimum atomic E-state index is 1.19. The van der Waals surface area contributed by atoms with Crippen LogP contribution < -0.4 is 0 Å². The molecule has 76 valence electrons. The van der Waals surface area contributed by atoms with Gasteiger partial charge in [0.1, 0.15) is 0 Å². The number of aryl methyl sites for hydroxylation is 4. The summed E-state index contributed by atoms with van der Waals surface area (Å²) in [6.07, 6.45) is 8.23. The average Bonchev–Trinajstić information content (AvgIpc) is 2.16. The van der Waals surface area contributed by atoms with Crippen molar-refractivity contribution in [2.75, 3.05) is 0 Å². The lowest BCUT2D eigenvalue weighted by atomic mass is 10.5. The van der Waals surface area contributed by atoms with Gasteiger partial charge in [-0.15, -0.1) is 0 Å². The van der Waals surface area contributed by atoms with E-state index in [9.17, 15) is 0 Å². The number of aromatic nitrogens is 4. The van der Waals surface area contributed by atoms with Crippen LogP contribution in [0.15, 0.2) is 24.8 Å². The Morgan fingerprint density at radius 3 is 1.00 bits per heavy atom. The first kappa shape index (κ1) is 8.99. The minimum absolute atomic E-state index is 1.19. The summed E-state index contributed by atoms with van der Waals surface area (Å²) in [5.41, 5.74) is 2.39. The Balaban J connectivity index is 3.18. The molecule has 2 heterocycles. The molecule has 0 aromatic carbocycles. The zero-order chi connectivity index (χ0) is 10.3. The third kappa shape index (κ3) is 1.14. The summed E-state index contributed by atoms with van der Waals surface area (Å²) in [5.74, 6) is 0. The van der Waals surface area contributed by atoms with Crippen molar-refractivity contribution in [1.29, 1.82) is 0 Å². The highest BCUT2D eigenvalue weighted by molar-refractivity contribution is 4.91. The molecule has 0 radical (unpaired) electrons. The van der Waals surface area contributed by atoms with Gasteiger partial charge >= 0.3 is 0 Å². The Kier molecular flexibility index (Phi) is 1.91. The Morgan fingerprint density at radius 2 is 0.786 bits per heavy atom. The molecule has 2 aliphatic heterocycles. The van der Waals surface area contributed by atoms with Gasteiger partial charge in [0.2, 0.25) is 0 Å². The van der Waals surface area contributed by atoms with Crippen LogP contribution in [0.3, 0.4) is 0 Å². The number of hydrogen-bond acceptors (Lipinski definition) is 0. The molecule has 0 atom stereocenters. The van der Waals surface area contributed by atoms with Gasteiger partial charge in [-0.1, -0.05) is 0 Å². The summed E-state index contributed by atoms with van der Waals surface area (Å²) < 4.78 is 8.48. The van der Waals surface area contributed by atoms with Crippen molar-refractivity contribution in [3.8, 4) is 0 Å². The summed E-state index contributed by atoms with van der Waals surface area (Å²) in [5, 5.41) is 0. The molecule has 4 nitrogen and oxygen atoms in total. The van der Waals surface area contributed by atoms with Gasteiger partial charge in [0.15, 0.2) is 11.0 Å². The highest BCUT2D eigenvalue weighted by Gasteiger charge is 1.98. The first-order chi connectivity index (χ1) is 6.61. The fourth-order valence-electron chi connectivity index (χ4n) is 1.81. The molecule has 0 aromatic rings. The SMILES string of the molecule is Cn1ccn(C)c2n(C)ccn(C)c1=2. The number of hydrogen-bond donors (Lipinski definition) is 0. The molecule has 0 bridgehead atoms. The molecule has 0 saturated carbocycles. The maximum Gasteiger partial charge on any atom is 0.154 e. The summed E-state index contributed by atoms with van der Waals surface area (Å²) in [6.45, 7) is 0. The van der Waals surface area contributed by atoms with E-state index in [2.05, 4.69) is 71.2 Å². The van der Waals surface area contributed by atoms with Crippen molar-refractivity contribution in [1.82, 2.24) is 18.3 Å². The maximum atomic E-state index is 2.12. The van der Waals surface area contributed by atoms with Gasteiger partial charge in [-0.25, -0.2) is 0 Å². The fraction of sp³-hybridized carbons (Fsp3) is 0.400. The van der Waals surface area contributed by atoms with Crippen LogP contribution in [0.2, 0.25) is 0 Å². The van der Waals surface area contributed by atoms with E-state index in [0.717, 1.165) is 0 Å². The van der Waals surface area contributed by atoms with Gasteiger partial charge in [0.05, 0.1) is 0 Å². The quantitative estimate of drug-likeness (QED) is 0.591. The average molecular weight is 192 g/mol. The van der Waals surface area contributed by atoms with Crippen LogP contribution in [0, 0.1) is 11.0 Å². The number of rotatable bonds is 0. The van der Waals surface area contributed by atoms with Crippen molar-refractivity contribution >= 4 is 0 Å². The molecule has 4 heteroatoms. The van der Waals surface area contributed by atoms with Crippen LogP contribution in [0.5, 0.6) is 0 Å². The van der Waals surface area contributed by atoms with Crippen molar-refractivity contribution in [3.05, 3.63) is 35.7 Å². The molecular formula is C10H16N4. The fourth-order valence-corrected chi connectivity index (χ4v) is 1.81. The standard InChI is InChI=1S/C10H16N4/c1-11-5-6-13(3)10-9(11)12(2)7-8-14(10)4/h5-8H,1-4H3. The summed E-state index contributed by atoms with van der Waals surface area (Å²) >= 11 is 0. The third-order valence-electron chi connectivity index (χ3n) is 2.56. The lowest BCUT2D eigenvalue weighted by molar-refractivity contribution is 0.610. The van der Waals surface area contributed by atoms with Gasteiger partial charge in [-0.3, -0.25) is 0 Å². The third-order valence-corrected chi connectivity index (χ3v) is 2.56. The Hall–Kier alpha value is -1.58. The van der Waals surface area contributed by atoms with E-state index >= 15 is 0 Å². The zero-order valence-corrected chi connectivity index (χ0v) is 9.10. The molecule has 0 spiro atoms. The maximum absolute atomic E-state index is 2.12. The summed E-state index contributed by atoms with van der Waals surface area (Å²) in [4.78, 5) is 0. The second kappa shape index (κ2) is 2.97. The van der Waals surface area contributed by atoms with E-state index in [1.807, 2.05) is 0 Å². The van der Waals surface area contributed by atoms with Crippen LogP contribution in [0.4, 0.5) is 0 Å². The Labute approximate surface area is 83.0 Å². The Morgan fingerprint density at radius 1 is 0.571 bits per heavy atom. The molecule has 0 N–H and O–H groups in total. The zero-order valence-electron chi connectivity index (χ0n) is 9.10. The predicted octanol–water partition coefficient (Wildman–Crippen LogP) is 0.890. The number of nitrogens with zero attached hydrogens (tertiary/aromatic N) is 4. The lowest BCUT2D eigenvalue weighted by Crippen LogP contribution is -2.15. The van der Waals surface area contributed by atoms with Crippen molar-refractivity contribution in [2.45, 2.75) is 0 Å². The van der Waals surface area contributed by atoms with Crippen molar-refractivity contribution in [2.24, 2.45) is 28.2 Å². The van der Waals surface area contributed by atoms with Crippen molar-refractivity contribution < 1.29 is 0 Å². The normalized spacial score (nSPS) is 10.9. The van der Waals surface area contributed by atoms with Crippen LogP contribution in [0.25, 0.3) is 0 Å². The van der Waals surface area contributed by atoms with Gasteiger partial charge in [-0.05, 0) is 0 Å². The van der Waals surface area contributed by atoms with E-state index in [0.29, 0.717) is 0 Å². The molecule has 14 heavy (non-hydrogen) atoms. The summed E-state index contributed by atoms with van der Waals surface area (Å²) in [6, 6.07) is 0. The molecule has 2 aliphatic rings. The first-order valence-corrected chi connectivity index (χ1v) is 4.63. The molecule has 0 saturated heterocycles. The second-order valence-corrected chi connectivity index (χ2v) is 3.69. The largest absolute Gasteiger partial charge is 0.333 e. The van der Waals surface area contributed by atoms with E-state index in [1.54, 1.807) is 0 Å². The Bertz CT molecular complexity index is 452. The highest BCUT2D eigenvalue weighted by Crippen LogP contribution is 1.97. The van der Waals surface area contributed by atoms with Crippen LogP contribution in [-0.4, -0.2) is 18.3 Å². The van der Waals surface area contributed by atoms with Gasteiger partial charge in [0, 0.05) is 53.0 Å². The molecule has 0 aromatic heterocycles. The molecule has 0 amide bonds. The van der Waals surface area contributed by atoms with Gasteiger partial charge in [0.25, 0.3) is 0 Å². The molecule has 0 fully saturated rings. The molecule has 0 aliphatic carbocycles.